The van der Waals surface area contributed by atoms with E-state index in [1.165, 1.54) is 23.9 Å². The van der Waals surface area contributed by atoms with Crippen LogP contribution in [0.1, 0.15) is 19.3 Å². The van der Waals surface area contributed by atoms with E-state index in [9.17, 15) is 8.78 Å². The van der Waals surface area contributed by atoms with Crippen molar-refractivity contribution in [1.82, 2.24) is 0 Å². The maximum atomic E-state index is 13.2. The van der Waals surface area contributed by atoms with Crippen molar-refractivity contribution in [2.24, 2.45) is 0 Å². The molecule has 0 aliphatic rings. The number of hydrogen-bond acceptors (Lipinski definition) is 1. The summed E-state index contributed by atoms with van der Waals surface area (Å²) in [5, 5.41) is 1.02. The van der Waals surface area contributed by atoms with Gasteiger partial charge in [0.05, 0.1) is 0 Å². The molecule has 0 radical (unpaired) electrons. The normalized spacial score (nSPS) is 10.6. The maximum absolute atomic E-state index is 13.2. The molecule has 0 heterocycles. The third kappa shape index (κ3) is 4.98. The van der Waals surface area contributed by atoms with Gasteiger partial charge >= 0.3 is 0 Å². The minimum absolute atomic E-state index is 0.458. The van der Waals surface area contributed by atoms with Crippen LogP contribution in [0.25, 0.3) is 0 Å². The van der Waals surface area contributed by atoms with Crippen molar-refractivity contribution >= 4 is 27.7 Å². The average molecular weight is 295 g/mol. The molecule has 0 bridgehead atoms. The maximum Gasteiger partial charge on any atom is 0.139 e. The molecular weight excluding hydrogens is 282 g/mol. The largest absolute Gasteiger partial charge is 0.207 e. The first-order valence-corrected chi connectivity index (χ1v) is 6.98. The van der Waals surface area contributed by atoms with Crippen LogP contribution < -0.4 is 0 Å². The summed E-state index contributed by atoms with van der Waals surface area (Å²) in [6, 6.07) is 3.73. The van der Waals surface area contributed by atoms with Crippen molar-refractivity contribution in [2.45, 2.75) is 24.2 Å². The molecule has 84 valence electrons. The van der Waals surface area contributed by atoms with Crippen molar-refractivity contribution in [1.29, 1.82) is 0 Å². The van der Waals surface area contributed by atoms with Crippen LogP contribution in [0.5, 0.6) is 0 Å². The molecule has 0 N–H and O–H groups in total. The smallest absolute Gasteiger partial charge is 0.139 e. The number of hydrogen-bond donors (Lipinski definition) is 0. The first-order chi connectivity index (χ1) is 7.24. The second-order valence-electron chi connectivity index (χ2n) is 3.17. The molecule has 0 aromatic heterocycles. The number of thioether (sulfide) groups is 1. The quantitative estimate of drug-likeness (QED) is 0.419. The molecule has 0 nitrogen and oxygen atoms in total. The van der Waals surface area contributed by atoms with E-state index in [0.29, 0.717) is 4.90 Å². The summed E-state index contributed by atoms with van der Waals surface area (Å²) in [4.78, 5) is 0.537. The Hall–Kier alpha value is -0.0900. The number of unbranched alkanes of at least 4 members (excludes halogenated alkanes) is 2. The van der Waals surface area contributed by atoms with Gasteiger partial charge < -0.3 is 0 Å². The molecule has 0 fully saturated rings. The summed E-state index contributed by atoms with van der Waals surface area (Å²) in [6.07, 6.45) is 3.35. The van der Waals surface area contributed by atoms with Crippen LogP contribution in [0.15, 0.2) is 23.1 Å². The summed E-state index contributed by atoms with van der Waals surface area (Å²) >= 11 is 4.81. The standard InChI is InChI=1S/C11H13BrF2S/c12-6-2-1-3-7-15-11-5-4-9(13)8-10(11)14/h4-5,8H,1-3,6-7H2. The molecule has 0 amide bonds. The number of benzene rings is 1. The predicted octanol–water partition coefficient (Wildman–Crippen LogP) is 4.62. The molecule has 4 heteroatoms. The van der Waals surface area contributed by atoms with Crippen molar-refractivity contribution in [3.63, 3.8) is 0 Å². The highest BCUT2D eigenvalue weighted by Crippen LogP contribution is 2.23. The van der Waals surface area contributed by atoms with Gasteiger partial charge in [0, 0.05) is 16.3 Å². The van der Waals surface area contributed by atoms with Gasteiger partial charge in [0.1, 0.15) is 11.6 Å². The van der Waals surface area contributed by atoms with Crippen LogP contribution in [0, 0.1) is 11.6 Å². The fraction of sp³-hybridized carbons (Fsp3) is 0.455. The summed E-state index contributed by atoms with van der Waals surface area (Å²) in [5.41, 5.74) is 0. The molecule has 1 aromatic rings. The van der Waals surface area contributed by atoms with E-state index in [4.69, 9.17) is 0 Å². The van der Waals surface area contributed by atoms with Gasteiger partial charge in [0.2, 0.25) is 0 Å². The lowest BCUT2D eigenvalue weighted by Crippen LogP contribution is -1.86. The number of rotatable bonds is 6. The SMILES string of the molecule is Fc1ccc(SCCCCCBr)c(F)c1. The molecule has 0 saturated carbocycles. The zero-order chi connectivity index (χ0) is 11.1. The summed E-state index contributed by atoms with van der Waals surface area (Å²) in [5.74, 6) is -0.0909. The minimum Gasteiger partial charge on any atom is -0.207 e. The molecule has 0 aliphatic carbocycles. The Balaban J connectivity index is 2.31. The van der Waals surface area contributed by atoms with E-state index >= 15 is 0 Å². The van der Waals surface area contributed by atoms with Crippen LogP contribution in [-0.2, 0) is 0 Å². The molecule has 1 aromatic carbocycles. The van der Waals surface area contributed by atoms with Gasteiger partial charge in [0.25, 0.3) is 0 Å². The third-order valence-electron chi connectivity index (χ3n) is 1.93. The second kappa shape index (κ2) is 7.23. The van der Waals surface area contributed by atoms with Gasteiger partial charge in [-0.3, -0.25) is 0 Å². The molecule has 0 unspecified atom stereocenters. The highest BCUT2D eigenvalue weighted by Gasteiger charge is 2.03. The van der Waals surface area contributed by atoms with Gasteiger partial charge in [-0.2, -0.15) is 0 Å². The van der Waals surface area contributed by atoms with Gasteiger partial charge in [-0.25, -0.2) is 8.78 Å². The summed E-state index contributed by atoms with van der Waals surface area (Å²) < 4.78 is 25.7. The molecule has 0 aliphatic heterocycles. The van der Waals surface area contributed by atoms with Crippen molar-refractivity contribution in [3.8, 4) is 0 Å². The van der Waals surface area contributed by atoms with E-state index in [1.54, 1.807) is 0 Å². The summed E-state index contributed by atoms with van der Waals surface area (Å²) in [7, 11) is 0. The highest BCUT2D eigenvalue weighted by molar-refractivity contribution is 9.09. The Kier molecular flexibility index (Phi) is 6.25. The molecular formula is C11H13BrF2S. The van der Waals surface area contributed by atoms with E-state index in [1.807, 2.05) is 0 Å². The van der Waals surface area contributed by atoms with Gasteiger partial charge in [-0.15, -0.1) is 11.8 Å². The van der Waals surface area contributed by atoms with Gasteiger partial charge in [-0.05, 0) is 30.7 Å². The Morgan fingerprint density at radius 1 is 1.13 bits per heavy atom. The fourth-order valence-corrected chi connectivity index (χ4v) is 2.47. The van der Waals surface area contributed by atoms with Crippen molar-refractivity contribution in [2.75, 3.05) is 11.1 Å². The first-order valence-electron chi connectivity index (χ1n) is 4.88. The number of halogens is 3. The van der Waals surface area contributed by atoms with Gasteiger partial charge in [-0.1, -0.05) is 22.4 Å². The lowest BCUT2D eigenvalue weighted by Gasteiger charge is -2.02. The Morgan fingerprint density at radius 2 is 1.93 bits per heavy atom. The Bertz CT molecular complexity index is 305. The van der Waals surface area contributed by atoms with Gasteiger partial charge in [0.15, 0.2) is 0 Å². The molecule has 1 rings (SSSR count). The fourth-order valence-electron chi connectivity index (χ4n) is 1.15. The van der Waals surface area contributed by atoms with Crippen molar-refractivity contribution in [3.05, 3.63) is 29.8 Å². The van der Waals surface area contributed by atoms with E-state index in [-0.39, 0.29) is 0 Å². The van der Waals surface area contributed by atoms with Crippen LogP contribution in [0.3, 0.4) is 0 Å². The summed E-state index contributed by atoms with van der Waals surface area (Å²) in [6.45, 7) is 0. The Morgan fingerprint density at radius 3 is 2.60 bits per heavy atom. The Labute approximate surface area is 102 Å². The lowest BCUT2D eigenvalue weighted by atomic mass is 10.3. The van der Waals surface area contributed by atoms with E-state index in [0.717, 1.165) is 36.4 Å². The average Bonchev–Trinajstić information content (AvgIpc) is 2.20. The lowest BCUT2D eigenvalue weighted by molar-refractivity contribution is 0.565. The van der Waals surface area contributed by atoms with Crippen molar-refractivity contribution < 1.29 is 8.78 Å². The highest BCUT2D eigenvalue weighted by atomic mass is 79.9. The molecule has 15 heavy (non-hydrogen) atoms. The monoisotopic (exact) mass is 294 g/mol. The van der Waals surface area contributed by atoms with E-state index in [2.05, 4.69) is 15.9 Å². The zero-order valence-electron chi connectivity index (χ0n) is 8.31. The molecule has 0 spiro atoms. The number of alkyl halides is 1. The second-order valence-corrected chi connectivity index (χ2v) is 5.10. The van der Waals surface area contributed by atoms with E-state index < -0.39 is 11.6 Å². The molecule has 0 atom stereocenters. The first kappa shape index (κ1) is 13.0. The predicted molar refractivity (Wildman–Crippen MR) is 64.7 cm³/mol. The van der Waals surface area contributed by atoms with Crippen LogP contribution >= 0.6 is 27.7 Å². The minimum atomic E-state index is -0.517. The third-order valence-corrected chi connectivity index (χ3v) is 3.63. The van der Waals surface area contributed by atoms with Crippen LogP contribution in [0.4, 0.5) is 8.78 Å². The zero-order valence-corrected chi connectivity index (χ0v) is 10.7. The molecule has 0 saturated heterocycles. The topological polar surface area (TPSA) is 0 Å². The van der Waals surface area contributed by atoms with Crippen LogP contribution in [0.2, 0.25) is 0 Å². The van der Waals surface area contributed by atoms with Crippen LogP contribution in [-0.4, -0.2) is 11.1 Å².